The smallest absolute Gasteiger partial charge is 0.257 e. The Bertz CT molecular complexity index is 512. The van der Waals surface area contributed by atoms with Gasteiger partial charge in [0, 0.05) is 13.0 Å². The fourth-order valence-electron chi connectivity index (χ4n) is 2.33. The Kier molecular flexibility index (Phi) is 4.59. The number of nitrogens with one attached hydrogen (secondary N) is 3. The molecule has 3 N–H and O–H groups in total. The molecular formula is C12H22N4O2S. The van der Waals surface area contributed by atoms with Crippen molar-refractivity contribution in [3.8, 4) is 0 Å². The predicted molar refractivity (Wildman–Crippen MR) is 73.3 cm³/mol. The van der Waals surface area contributed by atoms with Crippen molar-refractivity contribution in [2.75, 3.05) is 19.6 Å². The van der Waals surface area contributed by atoms with E-state index in [0.717, 1.165) is 19.5 Å². The van der Waals surface area contributed by atoms with E-state index < -0.39 is 10.0 Å². The van der Waals surface area contributed by atoms with Gasteiger partial charge in [-0.15, -0.1) is 0 Å². The summed E-state index contributed by atoms with van der Waals surface area (Å²) in [6.45, 7) is 6.48. The van der Waals surface area contributed by atoms with Crippen LogP contribution in [0.2, 0.25) is 0 Å². The highest BCUT2D eigenvalue weighted by molar-refractivity contribution is 7.89. The van der Waals surface area contributed by atoms with Gasteiger partial charge >= 0.3 is 0 Å². The molecule has 6 nitrogen and oxygen atoms in total. The molecule has 1 aromatic heterocycles. The zero-order chi connectivity index (χ0) is 13.9. The minimum Gasteiger partial charge on any atom is -0.332 e. The van der Waals surface area contributed by atoms with Crippen molar-refractivity contribution < 1.29 is 8.42 Å². The average Bonchev–Trinajstić information content (AvgIpc) is 2.87. The maximum atomic E-state index is 12.1. The maximum absolute atomic E-state index is 12.1. The van der Waals surface area contributed by atoms with Crippen LogP contribution in [-0.2, 0) is 16.4 Å². The second-order valence-corrected chi connectivity index (χ2v) is 6.87. The number of aryl methyl sites for hydroxylation is 1. The lowest BCUT2D eigenvalue weighted by atomic mass is 9.88. The van der Waals surface area contributed by atoms with Crippen LogP contribution in [0.25, 0.3) is 0 Å². The number of nitrogens with zero attached hydrogens (tertiary/aromatic N) is 1. The van der Waals surface area contributed by atoms with Crippen LogP contribution in [-0.4, -0.2) is 38.0 Å². The van der Waals surface area contributed by atoms with Gasteiger partial charge in [0.15, 0.2) is 5.03 Å². The second kappa shape index (κ2) is 6.02. The Morgan fingerprint density at radius 2 is 2.32 bits per heavy atom. The van der Waals surface area contributed by atoms with Gasteiger partial charge in [0.2, 0.25) is 0 Å². The number of H-pyrrole nitrogens is 1. The first-order chi connectivity index (χ1) is 9.03. The molecule has 0 bridgehead atoms. The largest absolute Gasteiger partial charge is 0.332 e. The minimum atomic E-state index is -3.46. The Hall–Kier alpha value is -0.920. The lowest BCUT2D eigenvalue weighted by Gasteiger charge is -2.29. The molecule has 0 amide bonds. The molecule has 1 fully saturated rings. The summed E-state index contributed by atoms with van der Waals surface area (Å²) >= 11 is 0. The zero-order valence-electron chi connectivity index (χ0n) is 11.4. The lowest BCUT2D eigenvalue weighted by molar-refractivity contribution is 0.274. The number of rotatable bonds is 5. The van der Waals surface area contributed by atoms with Crippen LogP contribution in [0, 0.1) is 11.8 Å². The number of aromatic amines is 1. The summed E-state index contributed by atoms with van der Waals surface area (Å²) < 4.78 is 26.9. The Balaban J connectivity index is 1.97. The Morgan fingerprint density at radius 3 is 2.95 bits per heavy atom. The lowest BCUT2D eigenvalue weighted by Crippen LogP contribution is -2.41. The summed E-state index contributed by atoms with van der Waals surface area (Å²) in [5, 5.41) is 3.47. The van der Waals surface area contributed by atoms with Gasteiger partial charge in [-0.3, -0.25) is 0 Å². The first-order valence-corrected chi connectivity index (χ1v) is 8.25. The van der Waals surface area contributed by atoms with Crippen LogP contribution < -0.4 is 10.0 Å². The molecule has 2 heterocycles. The zero-order valence-corrected chi connectivity index (χ0v) is 12.3. The van der Waals surface area contributed by atoms with Crippen molar-refractivity contribution in [3.63, 3.8) is 0 Å². The van der Waals surface area contributed by atoms with Crippen molar-refractivity contribution in [1.29, 1.82) is 0 Å². The van der Waals surface area contributed by atoms with Crippen molar-refractivity contribution in [2.24, 2.45) is 11.8 Å². The molecule has 0 aliphatic carbocycles. The quantitative estimate of drug-likeness (QED) is 0.735. The van der Waals surface area contributed by atoms with E-state index in [1.807, 2.05) is 6.92 Å². The monoisotopic (exact) mass is 286 g/mol. The van der Waals surface area contributed by atoms with E-state index in [-0.39, 0.29) is 5.03 Å². The molecule has 1 aliphatic rings. The number of aromatic nitrogens is 2. The number of hydrogen-bond acceptors (Lipinski definition) is 4. The van der Waals surface area contributed by atoms with Gasteiger partial charge < -0.3 is 10.3 Å². The van der Waals surface area contributed by atoms with Crippen LogP contribution >= 0.6 is 0 Å². The van der Waals surface area contributed by atoms with E-state index in [2.05, 4.69) is 26.9 Å². The van der Waals surface area contributed by atoms with E-state index in [4.69, 9.17) is 0 Å². The molecule has 2 rings (SSSR count). The fraction of sp³-hybridized carbons (Fsp3) is 0.750. The molecule has 108 valence electrons. The highest BCUT2D eigenvalue weighted by Gasteiger charge is 2.24. The fourth-order valence-corrected chi connectivity index (χ4v) is 3.36. The van der Waals surface area contributed by atoms with E-state index in [0.29, 0.717) is 30.6 Å². The summed E-state index contributed by atoms with van der Waals surface area (Å²) in [7, 11) is -3.46. The molecule has 1 aliphatic heterocycles. The van der Waals surface area contributed by atoms with Crippen LogP contribution in [0.15, 0.2) is 11.2 Å². The van der Waals surface area contributed by atoms with E-state index in [1.54, 1.807) is 0 Å². The van der Waals surface area contributed by atoms with Gasteiger partial charge in [0.05, 0.1) is 6.20 Å². The summed E-state index contributed by atoms with van der Waals surface area (Å²) in [4.78, 5) is 6.85. The van der Waals surface area contributed by atoms with Crippen LogP contribution in [0.4, 0.5) is 0 Å². The Labute approximate surface area is 114 Å². The minimum absolute atomic E-state index is 0.158. The van der Waals surface area contributed by atoms with E-state index in [1.165, 1.54) is 6.20 Å². The highest BCUT2D eigenvalue weighted by Crippen LogP contribution is 2.18. The van der Waals surface area contributed by atoms with Gasteiger partial charge in [-0.1, -0.05) is 13.8 Å². The van der Waals surface area contributed by atoms with E-state index >= 15 is 0 Å². The van der Waals surface area contributed by atoms with Crippen LogP contribution in [0.3, 0.4) is 0 Å². The topological polar surface area (TPSA) is 86.9 Å². The SMILES string of the molecule is CCc1ncc(S(=O)(=O)NCC2CCNCC2C)[nH]1. The van der Waals surface area contributed by atoms with Gasteiger partial charge in [0.25, 0.3) is 10.0 Å². The predicted octanol–water partition coefficient (Wildman–Crippen LogP) is 0.496. The Morgan fingerprint density at radius 1 is 1.53 bits per heavy atom. The second-order valence-electron chi connectivity index (χ2n) is 5.13. The molecule has 7 heteroatoms. The van der Waals surface area contributed by atoms with Crippen molar-refractivity contribution in [2.45, 2.75) is 31.7 Å². The van der Waals surface area contributed by atoms with E-state index in [9.17, 15) is 8.42 Å². The van der Waals surface area contributed by atoms with Gasteiger partial charge in [0.1, 0.15) is 5.82 Å². The third kappa shape index (κ3) is 3.55. The normalized spacial score (nSPS) is 24.5. The number of hydrogen-bond donors (Lipinski definition) is 3. The van der Waals surface area contributed by atoms with Crippen molar-refractivity contribution in [3.05, 3.63) is 12.0 Å². The first kappa shape index (κ1) is 14.5. The molecular weight excluding hydrogens is 264 g/mol. The highest BCUT2D eigenvalue weighted by atomic mass is 32.2. The van der Waals surface area contributed by atoms with Gasteiger partial charge in [-0.05, 0) is 31.3 Å². The van der Waals surface area contributed by atoms with Crippen molar-refractivity contribution >= 4 is 10.0 Å². The molecule has 19 heavy (non-hydrogen) atoms. The molecule has 0 saturated carbocycles. The van der Waals surface area contributed by atoms with Gasteiger partial charge in [-0.2, -0.15) is 0 Å². The summed E-state index contributed by atoms with van der Waals surface area (Å²) in [6.07, 6.45) is 3.08. The van der Waals surface area contributed by atoms with Crippen LogP contribution in [0.5, 0.6) is 0 Å². The molecule has 1 saturated heterocycles. The molecule has 0 spiro atoms. The maximum Gasteiger partial charge on any atom is 0.257 e. The molecule has 2 unspecified atom stereocenters. The average molecular weight is 286 g/mol. The summed E-state index contributed by atoms with van der Waals surface area (Å²) in [5.41, 5.74) is 0. The third-order valence-electron chi connectivity index (χ3n) is 3.73. The number of imidazole rings is 1. The molecule has 2 atom stereocenters. The first-order valence-electron chi connectivity index (χ1n) is 6.77. The molecule has 0 aromatic carbocycles. The molecule has 1 aromatic rings. The summed E-state index contributed by atoms with van der Waals surface area (Å²) in [5.74, 6) is 1.57. The third-order valence-corrected chi connectivity index (χ3v) is 5.06. The standard InChI is InChI=1S/C12H22N4O2S/c1-3-11-14-8-12(16-11)19(17,18)15-7-10-4-5-13-6-9(10)2/h8-10,13,15H,3-7H2,1-2H3,(H,14,16). The van der Waals surface area contributed by atoms with Gasteiger partial charge in [-0.25, -0.2) is 18.1 Å². The summed E-state index contributed by atoms with van der Waals surface area (Å²) in [6, 6.07) is 0. The molecule has 0 radical (unpaired) electrons. The number of sulfonamides is 1. The number of piperidine rings is 1. The van der Waals surface area contributed by atoms with Crippen molar-refractivity contribution in [1.82, 2.24) is 20.0 Å². The van der Waals surface area contributed by atoms with Crippen LogP contribution in [0.1, 0.15) is 26.1 Å².